The van der Waals surface area contributed by atoms with Crippen molar-refractivity contribution in [1.29, 1.82) is 0 Å². The highest BCUT2D eigenvalue weighted by molar-refractivity contribution is 5.83. The number of carbonyl (C=O) groups is 1. The zero-order valence-corrected chi connectivity index (χ0v) is 18.4. The van der Waals surface area contributed by atoms with Crippen molar-refractivity contribution in [2.75, 3.05) is 46.3 Å². The minimum Gasteiger partial charge on any atom is -0.356 e. The normalized spacial score (nSPS) is 21.1. The molecule has 9 heteroatoms. The van der Waals surface area contributed by atoms with E-state index in [1.54, 1.807) is 0 Å². The number of aromatic nitrogens is 3. The quantitative estimate of drug-likeness (QED) is 0.425. The number of piperazine rings is 1. The number of carbonyl (C=O) groups excluding carboxylic acids is 1. The molecule has 3 rings (SSSR count). The van der Waals surface area contributed by atoms with E-state index < -0.39 is 0 Å². The highest BCUT2D eigenvalue weighted by atomic mass is 16.2. The predicted molar refractivity (Wildman–Crippen MR) is 114 cm³/mol. The Bertz CT molecular complexity index is 707. The molecule has 0 bridgehead atoms. The van der Waals surface area contributed by atoms with Crippen LogP contribution in [0.4, 0.5) is 0 Å². The van der Waals surface area contributed by atoms with Gasteiger partial charge in [0, 0.05) is 39.8 Å². The number of guanidine groups is 1. The molecule has 1 amide bonds. The van der Waals surface area contributed by atoms with Gasteiger partial charge in [-0.3, -0.25) is 9.69 Å². The summed E-state index contributed by atoms with van der Waals surface area (Å²) < 4.78 is 1.97. The van der Waals surface area contributed by atoms with Crippen LogP contribution >= 0.6 is 0 Å². The minimum absolute atomic E-state index is 0.0662. The molecule has 2 fully saturated rings. The van der Waals surface area contributed by atoms with E-state index in [-0.39, 0.29) is 11.9 Å². The fraction of sp³-hybridized carbons (Fsp3) is 0.800. The van der Waals surface area contributed by atoms with Gasteiger partial charge in [0.1, 0.15) is 12.4 Å². The van der Waals surface area contributed by atoms with Gasteiger partial charge in [0.15, 0.2) is 11.8 Å². The molecule has 0 aliphatic carbocycles. The number of hydrogen-bond donors (Lipinski definition) is 1. The molecule has 29 heavy (non-hydrogen) atoms. The summed E-state index contributed by atoms with van der Waals surface area (Å²) in [6, 6.07) is 0.0662. The maximum absolute atomic E-state index is 12.9. The summed E-state index contributed by atoms with van der Waals surface area (Å²) in [6.45, 7) is 9.66. The van der Waals surface area contributed by atoms with Crippen molar-refractivity contribution in [3.8, 4) is 0 Å². The summed E-state index contributed by atoms with van der Waals surface area (Å²) in [6.07, 6.45) is 4.35. The number of rotatable bonds is 6. The highest BCUT2D eigenvalue weighted by Gasteiger charge is 2.33. The molecule has 0 aromatic carbocycles. The Morgan fingerprint density at radius 1 is 1.14 bits per heavy atom. The third-order valence-corrected chi connectivity index (χ3v) is 6.06. The first-order valence-electron chi connectivity index (χ1n) is 10.9. The highest BCUT2D eigenvalue weighted by Crippen LogP contribution is 2.18. The second-order valence-corrected chi connectivity index (χ2v) is 8.09. The molecule has 1 N–H and O–H groups in total. The third-order valence-electron chi connectivity index (χ3n) is 6.06. The zero-order chi connectivity index (χ0) is 20.8. The molecule has 162 valence electrons. The summed E-state index contributed by atoms with van der Waals surface area (Å²) in [7, 11) is 4.03. The van der Waals surface area contributed by atoms with E-state index in [1.807, 2.05) is 23.4 Å². The number of hydrogen-bond acceptors (Lipinski definition) is 5. The van der Waals surface area contributed by atoms with Crippen LogP contribution in [-0.2, 0) is 18.4 Å². The average molecular weight is 405 g/mol. The molecule has 0 spiro atoms. The molecule has 0 saturated carbocycles. The lowest BCUT2D eigenvalue weighted by atomic mass is 10.1. The average Bonchev–Trinajstić information content (AvgIpc) is 3.30. The van der Waals surface area contributed by atoms with Gasteiger partial charge in [0.05, 0.1) is 6.04 Å². The molecule has 1 atom stereocenters. The zero-order valence-electron chi connectivity index (χ0n) is 18.4. The Morgan fingerprint density at radius 3 is 2.45 bits per heavy atom. The van der Waals surface area contributed by atoms with Crippen LogP contribution in [0.15, 0.2) is 4.99 Å². The van der Waals surface area contributed by atoms with E-state index in [2.05, 4.69) is 39.3 Å². The van der Waals surface area contributed by atoms with Gasteiger partial charge in [-0.15, -0.1) is 10.2 Å². The van der Waals surface area contributed by atoms with Gasteiger partial charge >= 0.3 is 0 Å². The summed E-state index contributed by atoms with van der Waals surface area (Å²) in [5, 5.41) is 11.8. The first kappa shape index (κ1) is 21.5. The SMILES string of the molecule is CCCCNC(=NCc1nnc(C)n1C)N1CCN(C(=O)C2CCCN2C)CC1. The molecule has 2 saturated heterocycles. The Hall–Kier alpha value is -2.16. The van der Waals surface area contributed by atoms with Crippen molar-refractivity contribution in [1.82, 2.24) is 34.8 Å². The number of aliphatic imine (C=N–C) groups is 1. The van der Waals surface area contributed by atoms with Gasteiger partial charge in [-0.1, -0.05) is 13.3 Å². The fourth-order valence-electron chi connectivity index (χ4n) is 3.95. The van der Waals surface area contributed by atoms with E-state index >= 15 is 0 Å². The Balaban J connectivity index is 1.60. The van der Waals surface area contributed by atoms with Crippen molar-refractivity contribution in [2.45, 2.75) is 52.1 Å². The van der Waals surface area contributed by atoms with Crippen molar-refractivity contribution < 1.29 is 4.79 Å². The van der Waals surface area contributed by atoms with E-state index in [4.69, 9.17) is 4.99 Å². The molecular weight excluding hydrogens is 368 g/mol. The van der Waals surface area contributed by atoms with Crippen molar-refractivity contribution in [2.24, 2.45) is 12.0 Å². The summed E-state index contributed by atoms with van der Waals surface area (Å²) in [4.78, 5) is 24.2. The van der Waals surface area contributed by atoms with Crippen LogP contribution in [0.1, 0.15) is 44.3 Å². The van der Waals surface area contributed by atoms with Crippen LogP contribution in [0.2, 0.25) is 0 Å². The van der Waals surface area contributed by atoms with Crippen LogP contribution in [0.5, 0.6) is 0 Å². The Morgan fingerprint density at radius 2 is 1.86 bits per heavy atom. The molecule has 2 aliphatic rings. The van der Waals surface area contributed by atoms with Gasteiger partial charge < -0.3 is 19.7 Å². The monoisotopic (exact) mass is 404 g/mol. The maximum atomic E-state index is 12.9. The molecule has 1 unspecified atom stereocenters. The fourth-order valence-corrected chi connectivity index (χ4v) is 3.95. The second kappa shape index (κ2) is 10.0. The van der Waals surface area contributed by atoms with Crippen molar-refractivity contribution in [3.63, 3.8) is 0 Å². The third kappa shape index (κ3) is 5.26. The number of likely N-dealkylation sites (N-methyl/N-ethyl adjacent to an activating group) is 1. The second-order valence-electron chi connectivity index (χ2n) is 8.09. The number of likely N-dealkylation sites (tertiary alicyclic amines) is 1. The van der Waals surface area contributed by atoms with Crippen LogP contribution < -0.4 is 5.32 Å². The number of aryl methyl sites for hydroxylation is 1. The molecular formula is C20H36N8O. The van der Waals surface area contributed by atoms with Gasteiger partial charge in [-0.2, -0.15) is 0 Å². The van der Waals surface area contributed by atoms with Gasteiger partial charge in [0.25, 0.3) is 0 Å². The van der Waals surface area contributed by atoms with Gasteiger partial charge in [-0.05, 0) is 39.8 Å². The lowest BCUT2D eigenvalue weighted by Gasteiger charge is -2.38. The number of unbranched alkanes of at least 4 members (excludes halogenated alkanes) is 1. The van der Waals surface area contributed by atoms with Crippen LogP contribution in [0.25, 0.3) is 0 Å². The molecule has 1 aromatic rings. The van der Waals surface area contributed by atoms with Crippen LogP contribution in [0, 0.1) is 6.92 Å². The number of nitrogens with zero attached hydrogens (tertiary/aromatic N) is 7. The summed E-state index contributed by atoms with van der Waals surface area (Å²) in [5.41, 5.74) is 0. The van der Waals surface area contributed by atoms with E-state index in [0.29, 0.717) is 6.54 Å². The number of amides is 1. The van der Waals surface area contributed by atoms with E-state index in [9.17, 15) is 4.79 Å². The van der Waals surface area contributed by atoms with Gasteiger partial charge in [-0.25, -0.2) is 4.99 Å². The Labute approximate surface area is 174 Å². The maximum Gasteiger partial charge on any atom is 0.240 e. The number of nitrogens with one attached hydrogen (secondary N) is 1. The van der Waals surface area contributed by atoms with Crippen LogP contribution in [0.3, 0.4) is 0 Å². The molecule has 9 nitrogen and oxygen atoms in total. The lowest BCUT2D eigenvalue weighted by Crippen LogP contribution is -2.56. The molecule has 2 aliphatic heterocycles. The minimum atomic E-state index is 0.0662. The van der Waals surface area contributed by atoms with E-state index in [0.717, 1.165) is 82.6 Å². The predicted octanol–water partition coefficient (Wildman–Crippen LogP) is 0.608. The molecule has 3 heterocycles. The molecule has 1 aromatic heterocycles. The Kier molecular flexibility index (Phi) is 7.46. The van der Waals surface area contributed by atoms with Crippen LogP contribution in [-0.4, -0.2) is 93.7 Å². The topological polar surface area (TPSA) is 81.9 Å². The molecule has 0 radical (unpaired) electrons. The lowest BCUT2D eigenvalue weighted by molar-refractivity contribution is -0.136. The van der Waals surface area contributed by atoms with Gasteiger partial charge in [0.2, 0.25) is 5.91 Å². The first-order valence-corrected chi connectivity index (χ1v) is 10.9. The standard InChI is InChI=1S/C20H36N8O/c1-5-6-9-21-20(22-15-18-24-23-16(2)26(18)4)28-13-11-27(12-14-28)19(29)17-8-7-10-25(17)3/h17H,5-15H2,1-4H3,(H,21,22). The summed E-state index contributed by atoms with van der Waals surface area (Å²) >= 11 is 0. The first-order chi connectivity index (χ1) is 14.0. The van der Waals surface area contributed by atoms with Crippen molar-refractivity contribution in [3.05, 3.63) is 11.6 Å². The smallest absolute Gasteiger partial charge is 0.240 e. The largest absolute Gasteiger partial charge is 0.356 e. The summed E-state index contributed by atoms with van der Waals surface area (Å²) in [5.74, 6) is 2.94. The van der Waals surface area contributed by atoms with E-state index in [1.165, 1.54) is 0 Å². The van der Waals surface area contributed by atoms with Crippen molar-refractivity contribution >= 4 is 11.9 Å².